The van der Waals surface area contributed by atoms with Crippen molar-refractivity contribution in [1.29, 1.82) is 0 Å². The highest BCUT2D eigenvalue weighted by Gasteiger charge is 2.45. The summed E-state index contributed by atoms with van der Waals surface area (Å²) >= 11 is 0. The van der Waals surface area contributed by atoms with Crippen molar-refractivity contribution in [2.24, 2.45) is 12.0 Å². The standard InChI is InChI=1S/C21H30FN5.HI/c1-5-18-15(19(6-2)27(4)26-18)13-24-20(23-3)25-14-21(11-12-21)16-9-7-8-10-17(16)22;/h7-10H,5-6,11-14H2,1-4H3,(H2,23,24,25);1H. The summed E-state index contributed by atoms with van der Waals surface area (Å²) in [7, 11) is 3.77. The molecule has 1 heterocycles. The summed E-state index contributed by atoms with van der Waals surface area (Å²) in [6, 6.07) is 7.10. The number of guanidine groups is 1. The molecule has 0 saturated heterocycles. The van der Waals surface area contributed by atoms with Crippen molar-refractivity contribution in [2.45, 2.75) is 51.5 Å². The quantitative estimate of drug-likeness (QED) is 0.347. The molecule has 0 bridgehead atoms. The van der Waals surface area contributed by atoms with E-state index in [9.17, 15) is 4.39 Å². The first kappa shape index (κ1) is 22.6. The molecule has 0 radical (unpaired) electrons. The highest BCUT2D eigenvalue weighted by Crippen LogP contribution is 2.48. The monoisotopic (exact) mass is 499 g/mol. The van der Waals surface area contributed by atoms with Crippen LogP contribution in [0.15, 0.2) is 29.3 Å². The van der Waals surface area contributed by atoms with E-state index >= 15 is 0 Å². The SMILES string of the molecule is CCc1nn(C)c(CC)c1CNC(=NC)NCC1(c2ccccc2F)CC1.I. The number of aliphatic imine (C=N–C) groups is 1. The van der Waals surface area contributed by atoms with E-state index in [1.807, 2.05) is 23.9 Å². The smallest absolute Gasteiger partial charge is 0.191 e. The number of nitrogens with zero attached hydrogens (tertiary/aromatic N) is 3. The highest BCUT2D eigenvalue weighted by molar-refractivity contribution is 14.0. The second kappa shape index (κ2) is 9.71. The number of nitrogens with one attached hydrogen (secondary N) is 2. The molecule has 7 heteroatoms. The lowest BCUT2D eigenvalue weighted by Gasteiger charge is -2.19. The maximum absolute atomic E-state index is 14.2. The van der Waals surface area contributed by atoms with E-state index in [4.69, 9.17) is 0 Å². The van der Waals surface area contributed by atoms with E-state index in [-0.39, 0.29) is 35.2 Å². The van der Waals surface area contributed by atoms with Gasteiger partial charge < -0.3 is 10.6 Å². The van der Waals surface area contributed by atoms with Gasteiger partial charge in [0.25, 0.3) is 0 Å². The lowest BCUT2D eigenvalue weighted by molar-refractivity contribution is 0.559. The molecule has 1 aliphatic carbocycles. The van der Waals surface area contributed by atoms with E-state index in [1.165, 1.54) is 11.3 Å². The van der Waals surface area contributed by atoms with Gasteiger partial charge in [0.2, 0.25) is 0 Å². The van der Waals surface area contributed by atoms with Crippen LogP contribution in [-0.2, 0) is 31.8 Å². The Morgan fingerprint density at radius 3 is 2.50 bits per heavy atom. The fraction of sp³-hybridized carbons (Fsp3) is 0.524. The third-order valence-electron chi connectivity index (χ3n) is 5.58. The Morgan fingerprint density at radius 1 is 1.21 bits per heavy atom. The van der Waals surface area contributed by atoms with Crippen LogP contribution in [0, 0.1) is 5.82 Å². The summed E-state index contributed by atoms with van der Waals surface area (Å²) in [4.78, 5) is 4.34. The van der Waals surface area contributed by atoms with Crippen LogP contribution in [0.3, 0.4) is 0 Å². The van der Waals surface area contributed by atoms with E-state index in [1.54, 1.807) is 19.2 Å². The molecule has 2 aromatic rings. The van der Waals surface area contributed by atoms with Crippen molar-refractivity contribution in [3.63, 3.8) is 0 Å². The number of hydrogen-bond acceptors (Lipinski definition) is 2. The molecule has 2 N–H and O–H groups in total. The van der Waals surface area contributed by atoms with Gasteiger partial charge in [0.1, 0.15) is 5.82 Å². The van der Waals surface area contributed by atoms with Crippen LogP contribution in [0.5, 0.6) is 0 Å². The first-order valence-corrected chi connectivity index (χ1v) is 9.77. The first-order valence-electron chi connectivity index (χ1n) is 9.77. The Kier molecular flexibility index (Phi) is 7.86. The van der Waals surface area contributed by atoms with Crippen LogP contribution < -0.4 is 10.6 Å². The molecule has 0 amide bonds. The van der Waals surface area contributed by atoms with Gasteiger partial charge in [-0.2, -0.15) is 5.10 Å². The molecule has 1 aromatic carbocycles. The average Bonchev–Trinajstić information content (AvgIpc) is 3.39. The molecule has 3 rings (SSSR count). The van der Waals surface area contributed by atoms with E-state index in [0.29, 0.717) is 13.1 Å². The molecule has 1 aliphatic rings. The van der Waals surface area contributed by atoms with Gasteiger partial charge in [-0.3, -0.25) is 9.67 Å². The molecule has 0 atom stereocenters. The molecule has 1 saturated carbocycles. The van der Waals surface area contributed by atoms with E-state index < -0.39 is 0 Å². The highest BCUT2D eigenvalue weighted by atomic mass is 127. The van der Waals surface area contributed by atoms with Gasteiger partial charge in [-0.15, -0.1) is 24.0 Å². The second-order valence-corrected chi connectivity index (χ2v) is 7.24. The lowest BCUT2D eigenvalue weighted by Crippen LogP contribution is -2.41. The number of aryl methyl sites for hydroxylation is 2. The Hall–Kier alpha value is -1.64. The number of aromatic nitrogens is 2. The van der Waals surface area contributed by atoms with Crippen molar-refractivity contribution in [1.82, 2.24) is 20.4 Å². The Bertz CT molecular complexity index is 826. The molecule has 1 fully saturated rings. The maximum atomic E-state index is 14.2. The van der Waals surface area contributed by atoms with Crippen LogP contribution in [0.25, 0.3) is 0 Å². The van der Waals surface area contributed by atoms with Crippen molar-refractivity contribution < 1.29 is 4.39 Å². The zero-order valence-corrected chi connectivity index (χ0v) is 19.5. The zero-order valence-electron chi connectivity index (χ0n) is 17.2. The van der Waals surface area contributed by atoms with Crippen LogP contribution in [0.2, 0.25) is 0 Å². The van der Waals surface area contributed by atoms with Gasteiger partial charge in [0, 0.05) is 43.9 Å². The normalized spacial score (nSPS) is 15.1. The number of benzene rings is 1. The Balaban J connectivity index is 0.00000280. The fourth-order valence-electron chi connectivity index (χ4n) is 3.82. The van der Waals surface area contributed by atoms with Crippen LogP contribution >= 0.6 is 24.0 Å². The third kappa shape index (κ3) is 4.67. The minimum Gasteiger partial charge on any atom is -0.356 e. The van der Waals surface area contributed by atoms with Crippen molar-refractivity contribution >= 4 is 29.9 Å². The predicted octanol–water partition coefficient (Wildman–Crippen LogP) is 3.70. The Labute approximate surface area is 184 Å². The summed E-state index contributed by atoms with van der Waals surface area (Å²) in [6.07, 6.45) is 3.86. The summed E-state index contributed by atoms with van der Waals surface area (Å²) in [6.45, 7) is 5.65. The molecule has 1 aromatic heterocycles. The zero-order chi connectivity index (χ0) is 19.4. The summed E-state index contributed by atoms with van der Waals surface area (Å²) in [5, 5.41) is 11.4. The van der Waals surface area contributed by atoms with Gasteiger partial charge in [-0.1, -0.05) is 32.0 Å². The van der Waals surface area contributed by atoms with Gasteiger partial charge in [-0.25, -0.2) is 4.39 Å². The minimum absolute atomic E-state index is 0. The molecular weight excluding hydrogens is 468 g/mol. The number of rotatable bonds is 7. The van der Waals surface area contributed by atoms with Crippen molar-refractivity contribution in [3.05, 3.63) is 52.6 Å². The van der Waals surface area contributed by atoms with Crippen molar-refractivity contribution in [3.8, 4) is 0 Å². The summed E-state index contributed by atoms with van der Waals surface area (Å²) in [5.41, 5.74) is 4.32. The Morgan fingerprint density at radius 2 is 1.93 bits per heavy atom. The van der Waals surface area contributed by atoms with Gasteiger partial charge >= 0.3 is 0 Å². The minimum atomic E-state index is -0.115. The predicted molar refractivity (Wildman–Crippen MR) is 123 cm³/mol. The first-order chi connectivity index (χ1) is 13.0. The number of halogens is 2. The molecule has 28 heavy (non-hydrogen) atoms. The van der Waals surface area contributed by atoms with Crippen LogP contribution in [0.4, 0.5) is 4.39 Å². The second-order valence-electron chi connectivity index (χ2n) is 7.24. The molecule has 5 nitrogen and oxygen atoms in total. The van der Waals surface area contributed by atoms with Crippen LogP contribution in [-0.4, -0.2) is 29.3 Å². The van der Waals surface area contributed by atoms with E-state index in [2.05, 4.69) is 34.6 Å². The summed E-state index contributed by atoms with van der Waals surface area (Å²) in [5.74, 6) is 0.626. The molecule has 0 spiro atoms. The number of hydrogen-bond donors (Lipinski definition) is 2. The van der Waals surface area contributed by atoms with E-state index in [0.717, 1.165) is 42.9 Å². The fourth-order valence-corrected chi connectivity index (χ4v) is 3.82. The topological polar surface area (TPSA) is 54.2 Å². The van der Waals surface area contributed by atoms with Gasteiger partial charge in [-0.05, 0) is 37.3 Å². The molecule has 0 unspecified atom stereocenters. The largest absolute Gasteiger partial charge is 0.356 e. The molecule has 0 aliphatic heterocycles. The van der Waals surface area contributed by atoms with Crippen molar-refractivity contribution in [2.75, 3.05) is 13.6 Å². The average molecular weight is 499 g/mol. The van der Waals surface area contributed by atoms with Crippen LogP contribution in [0.1, 0.15) is 49.2 Å². The van der Waals surface area contributed by atoms with Gasteiger partial charge in [0.05, 0.1) is 5.69 Å². The molecular formula is C21H31FIN5. The third-order valence-corrected chi connectivity index (χ3v) is 5.58. The summed E-state index contributed by atoms with van der Waals surface area (Å²) < 4.78 is 16.2. The maximum Gasteiger partial charge on any atom is 0.191 e. The molecule has 154 valence electrons. The lowest BCUT2D eigenvalue weighted by atomic mass is 9.95. The van der Waals surface area contributed by atoms with Gasteiger partial charge in [0.15, 0.2) is 5.96 Å².